The van der Waals surface area contributed by atoms with Crippen LogP contribution in [0, 0.1) is 6.92 Å². The Kier molecular flexibility index (Phi) is 4.20. The quantitative estimate of drug-likeness (QED) is 0.641. The Morgan fingerprint density at radius 1 is 1.50 bits per heavy atom. The molecule has 0 aliphatic heterocycles. The van der Waals surface area contributed by atoms with Gasteiger partial charge >= 0.3 is 5.97 Å². The van der Waals surface area contributed by atoms with Gasteiger partial charge in [0, 0.05) is 6.20 Å². The highest BCUT2D eigenvalue weighted by molar-refractivity contribution is 6.34. The number of hydrogen-bond donors (Lipinski definition) is 0. The molecule has 0 aliphatic carbocycles. The highest BCUT2D eigenvalue weighted by Gasteiger charge is 2.14. The molecule has 0 aliphatic rings. The number of methoxy groups -OCH3 is 1. The number of nitrogens with zero attached hydrogens (tertiary/aromatic N) is 2. The van der Waals surface area contributed by atoms with E-state index in [0.717, 1.165) is 11.8 Å². The van der Waals surface area contributed by atoms with Crippen LogP contribution in [0.1, 0.15) is 32.0 Å². The lowest BCUT2D eigenvalue weighted by atomic mass is 10.1. The summed E-state index contributed by atoms with van der Waals surface area (Å²) in [6.45, 7) is 2.13. The predicted octanol–water partition coefficient (Wildman–Crippen LogP) is 2.49. The molecule has 0 saturated heterocycles. The van der Waals surface area contributed by atoms with Gasteiger partial charge in [-0.1, -0.05) is 23.7 Å². The van der Waals surface area contributed by atoms with Crippen LogP contribution >= 0.6 is 11.6 Å². The van der Waals surface area contributed by atoms with Crippen LogP contribution in [0.3, 0.4) is 0 Å². The summed E-state index contributed by atoms with van der Waals surface area (Å²) < 4.78 is 6.28. The molecule has 104 valence electrons. The summed E-state index contributed by atoms with van der Waals surface area (Å²) in [7, 11) is 1.30. The third kappa shape index (κ3) is 2.72. The van der Waals surface area contributed by atoms with Gasteiger partial charge in [-0.3, -0.25) is 9.48 Å². The molecule has 0 N–H and O–H groups in total. The zero-order valence-electron chi connectivity index (χ0n) is 11.1. The van der Waals surface area contributed by atoms with Gasteiger partial charge in [-0.05, 0) is 18.6 Å². The van der Waals surface area contributed by atoms with Crippen LogP contribution in [0.4, 0.5) is 0 Å². The van der Waals surface area contributed by atoms with Crippen molar-refractivity contribution in [2.24, 2.45) is 0 Å². The van der Waals surface area contributed by atoms with E-state index in [1.165, 1.54) is 7.11 Å². The minimum Gasteiger partial charge on any atom is -0.465 e. The molecular formula is C14H13ClN2O3. The van der Waals surface area contributed by atoms with Crippen molar-refractivity contribution in [2.75, 3.05) is 7.11 Å². The Bertz CT molecular complexity index is 664. The van der Waals surface area contributed by atoms with Gasteiger partial charge in [0.2, 0.25) is 0 Å². The molecule has 6 heteroatoms. The molecular weight excluding hydrogens is 280 g/mol. The Hall–Kier alpha value is -2.14. The molecule has 0 spiro atoms. The van der Waals surface area contributed by atoms with Gasteiger partial charge < -0.3 is 4.74 Å². The average Bonchev–Trinajstić information content (AvgIpc) is 2.80. The smallest absolute Gasteiger partial charge is 0.339 e. The molecule has 0 amide bonds. The first-order valence-electron chi connectivity index (χ1n) is 5.91. The van der Waals surface area contributed by atoms with Crippen molar-refractivity contribution in [3.63, 3.8) is 0 Å². The Morgan fingerprint density at radius 3 is 2.85 bits per heavy atom. The van der Waals surface area contributed by atoms with Crippen LogP contribution in [0.15, 0.2) is 24.4 Å². The standard InChI is InChI=1S/C14H13ClN2O3/c1-9-11(8-18)7-17(16-9)6-10-4-3-5-12(13(10)15)14(19)20-2/h3-5,7-8H,6H2,1-2H3. The second-order valence-corrected chi connectivity index (χ2v) is 4.63. The third-order valence-corrected chi connectivity index (χ3v) is 3.37. The zero-order chi connectivity index (χ0) is 14.7. The molecule has 0 atom stereocenters. The van der Waals surface area contributed by atoms with Crippen molar-refractivity contribution in [2.45, 2.75) is 13.5 Å². The predicted molar refractivity (Wildman–Crippen MR) is 74.2 cm³/mol. The van der Waals surface area contributed by atoms with Crippen LogP contribution in [0.2, 0.25) is 5.02 Å². The number of esters is 1. The van der Waals surface area contributed by atoms with Crippen LogP contribution in [-0.4, -0.2) is 29.1 Å². The molecule has 1 aromatic heterocycles. The van der Waals surface area contributed by atoms with Gasteiger partial charge in [-0.25, -0.2) is 4.79 Å². The number of aryl methyl sites for hydroxylation is 1. The highest BCUT2D eigenvalue weighted by Crippen LogP contribution is 2.23. The molecule has 1 aromatic carbocycles. The maximum atomic E-state index is 11.6. The summed E-state index contributed by atoms with van der Waals surface area (Å²) in [5, 5.41) is 4.56. The summed E-state index contributed by atoms with van der Waals surface area (Å²) in [6, 6.07) is 5.12. The number of aldehydes is 1. The minimum atomic E-state index is -0.484. The number of aromatic nitrogens is 2. The summed E-state index contributed by atoms with van der Waals surface area (Å²) in [6.07, 6.45) is 2.40. The summed E-state index contributed by atoms with van der Waals surface area (Å²) in [5.41, 5.74) is 2.23. The Labute approximate surface area is 121 Å². The molecule has 0 bridgehead atoms. The molecule has 1 heterocycles. The van der Waals surface area contributed by atoms with Crippen molar-refractivity contribution >= 4 is 23.9 Å². The SMILES string of the molecule is COC(=O)c1cccc(Cn2cc(C=O)c(C)n2)c1Cl. The van der Waals surface area contributed by atoms with Crippen LogP contribution in [-0.2, 0) is 11.3 Å². The molecule has 0 fully saturated rings. The van der Waals surface area contributed by atoms with E-state index in [2.05, 4.69) is 9.84 Å². The fourth-order valence-corrected chi connectivity index (χ4v) is 2.14. The van der Waals surface area contributed by atoms with Crippen molar-refractivity contribution in [3.05, 3.63) is 51.8 Å². The zero-order valence-corrected chi connectivity index (χ0v) is 11.8. The summed E-state index contributed by atoms with van der Waals surface area (Å²) >= 11 is 6.20. The largest absolute Gasteiger partial charge is 0.465 e. The van der Waals surface area contributed by atoms with E-state index in [1.54, 1.807) is 36.0 Å². The van der Waals surface area contributed by atoms with Gasteiger partial charge in [-0.15, -0.1) is 0 Å². The number of rotatable bonds is 4. The van der Waals surface area contributed by atoms with Gasteiger partial charge in [-0.2, -0.15) is 5.10 Å². The average molecular weight is 293 g/mol. The molecule has 2 rings (SSSR count). The molecule has 2 aromatic rings. The van der Waals surface area contributed by atoms with Gasteiger partial charge in [0.1, 0.15) is 0 Å². The number of benzene rings is 1. The lowest BCUT2D eigenvalue weighted by molar-refractivity contribution is 0.0600. The van der Waals surface area contributed by atoms with E-state index in [9.17, 15) is 9.59 Å². The first-order chi connectivity index (χ1) is 9.56. The normalized spacial score (nSPS) is 10.3. The summed E-state index contributed by atoms with van der Waals surface area (Å²) in [4.78, 5) is 22.4. The Balaban J connectivity index is 2.33. The molecule has 0 radical (unpaired) electrons. The monoisotopic (exact) mass is 292 g/mol. The highest BCUT2D eigenvalue weighted by atomic mass is 35.5. The Morgan fingerprint density at radius 2 is 2.25 bits per heavy atom. The molecule has 0 unspecified atom stereocenters. The maximum absolute atomic E-state index is 11.6. The molecule has 0 saturated carbocycles. The molecule has 20 heavy (non-hydrogen) atoms. The number of halogens is 1. The van der Waals surface area contributed by atoms with E-state index < -0.39 is 5.97 Å². The number of hydrogen-bond acceptors (Lipinski definition) is 4. The van der Waals surface area contributed by atoms with Crippen molar-refractivity contribution in [1.82, 2.24) is 9.78 Å². The van der Waals surface area contributed by atoms with Crippen LogP contribution < -0.4 is 0 Å². The van der Waals surface area contributed by atoms with Crippen molar-refractivity contribution < 1.29 is 14.3 Å². The number of carbonyl (C=O) groups is 2. The third-order valence-electron chi connectivity index (χ3n) is 2.93. The van der Waals surface area contributed by atoms with E-state index in [1.807, 2.05) is 0 Å². The minimum absolute atomic E-state index is 0.311. The lowest BCUT2D eigenvalue weighted by Crippen LogP contribution is -2.06. The van der Waals surface area contributed by atoms with Crippen LogP contribution in [0.5, 0.6) is 0 Å². The van der Waals surface area contributed by atoms with Crippen molar-refractivity contribution in [1.29, 1.82) is 0 Å². The number of carbonyl (C=O) groups excluding carboxylic acids is 2. The van der Waals surface area contributed by atoms with E-state index in [-0.39, 0.29) is 0 Å². The fraction of sp³-hybridized carbons (Fsp3) is 0.214. The van der Waals surface area contributed by atoms with E-state index in [0.29, 0.717) is 28.4 Å². The van der Waals surface area contributed by atoms with Crippen LogP contribution in [0.25, 0.3) is 0 Å². The van der Waals surface area contributed by atoms with E-state index in [4.69, 9.17) is 11.6 Å². The summed E-state index contributed by atoms with van der Waals surface area (Å²) in [5.74, 6) is -0.484. The molecule has 5 nitrogen and oxygen atoms in total. The first kappa shape index (κ1) is 14.3. The fourth-order valence-electron chi connectivity index (χ4n) is 1.87. The van der Waals surface area contributed by atoms with Gasteiger partial charge in [0.25, 0.3) is 0 Å². The van der Waals surface area contributed by atoms with Crippen molar-refractivity contribution in [3.8, 4) is 0 Å². The number of ether oxygens (including phenoxy) is 1. The van der Waals surface area contributed by atoms with E-state index >= 15 is 0 Å². The first-order valence-corrected chi connectivity index (χ1v) is 6.29. The van der Waals surface area contributed by atoms with Gasteiger partial charge in [0.15, 0.2) is 6.29 Å². The second kappa shape index (κ2) is 5.88. The topological polar surface area (TPSA) is 61.2 Å². The lowest BCUT2D eigenvalue weighted by Gasteiger charge is -2.08. The maximum Gasteiger partial charge on any atom is 0.339 e. The van der Waals surface area contributed by atoms with Gasteiger partial charge in [0.05, 0.1) is 35.5 Å². The second-order valence-electron chi connectivity index (χ2n) is 4.26.